The van der Waals surface area contributed by atoms with Crippen LogP contribution in [-0.4, -0.2) is 53.7 Å². The minimum Gasteiger partial charge on any atom is -0.382 e. The first-order valence-electron chi connectivity index (χ1n) is 10.0. The zero-order valence-corrected chi connectivity index (χ0v) is 19.3. The van der Waals surface area contributed by atoms with E-state index in [0.29, 0.717) is 12.5 Å². The number of benzene rings is 1. The van der Waals surface area contributed by atoms with Crippen LogP contribution >= 0.6 is 23.1 Å². The smallest absolute Gasteiger partial charge is 0.159 e. The second-order valence-electron chi connectivity index (χ2n) is 7.39. The maximum atomic E-state index is 5.96. The molecule has 3 rings (SSSR count). The molecule has 0 radical (unpaired) electrons. The number of hydrogen-bond acceptors (Lipinski definition) is 8. The predicted octanol–water partition coefficient (Wildman–Crippen LogP) is 4.78. The van der Waals surface area contributed by atoms with E-state index in [2.05, 4.69) is 37.1 Å². The van der Waals surface area contributed by atoms with Crippen LogP contribution in [0, 0.1) is 0 Å². The Hall–Kier alpha value is -1.61. The fourth-order valence-electron chi connectivity index (χ4n) is 2.94. The number of rotatable bonds is 9. The van der Waals surface area contributed by atoms with E-state index in [1.54, 1.807) is 18.4 Å². The third-order valence-electron chi connectivity index (χ3n) is 4.74. The molecule has 0 spiro atoms. The normalized spacial score (nSPS) is 13.9. The molecule has 0 amide bonds. The Balaban J connectivity index is 1.91. The topological polar surface area (TPSA) is 75.8 Å². The third kappa shape index (κ3) is 5.51. The number of anilines is 2. The molecule has 1 aliphatic rings. The van der Waals surface area contributed by atoms with Gasteiger partial charge in [0.15, 0.2) is 5.84 Å². The highest BCUT2D eigenvalue weighted by atomic mass is 32.2. The number of thiazole rings is 1. The summed E-state index contributed by atoms with van der Waals surface area (Å²) in [5.74, 6) is 3.12. The van der Waals surface area contributed by atoms with E-state index < -0.39 is 0 Å². The van der Waals surface area contributed by atoms with Crippen molar-refractivity contribution >= 4 is 45.3 Å². The summed E-state index contributed by atoms with van der Waals surface area (Å²) in [6.07, 6.45) is 1.30. The Bertz CT molecular complexity index is 836. The quantitative estimate of drug-likeness (QED) is 0.438. The van der Waals surface area contributed by atoms with Gasteiger partial charge in [-0.25, -0.2) is 9.98 Å². The van der Waals surface area contributed by atoms with Gasteiger partial charge in [-0.1, -0.05) is 26.0 Å². The molecule has 1 aliphatic heterocycles. The Labute approximate surface area is 182 Å². The Morgan fingerprint density at radius 1 is 1.28 bits per heavy atom. The van der Waals surface area contributed by atoms with Crippen LogP contribution in [-0.2, 0) is 4.74 Å². The Morgan fingerprint density at radius 2 is 2.07 bits per heavy atom. The van der Waals surface area contributed by atoms with Crippen LogP contribution in [0.4, 0.5) is 16.4 Å². The molecule has 1 aromatic carbocycles. The maximum Gasteiger partial charge on any atom is 0.159 e. The Morgan fingerprint density at radius 3 is 2.79 bits per heavy atom. The van der Waals surface area contributed by atoms with Crippen LogP contribution in [0.5, 0.6) is 0 Å². The van der Waals surface area contributed by atoms with Gasteiger partial charge < -0.3 is 20.7 Å². The average molecular weight is 434 g/mol. The van der Waals surface area contributed by atoms with Crippen molar-refractivity contribution in [3.05, 3.63) is 35.0 Å². The molecule has 1 aromatic heterocycles. The summed E-state index contributed by atoms with van der Waals surface area (Å²) in [5.41, 5.74) is 8.82. The van der Waals surface area contributed by atoms with E-state index in [0.717, 1.165) is 57.5 Å². The monoisotopic (exact) mass is 433 g/mol. The molecule has 158 valence electrons. The number of amidine groups is 1. The number of para-hydroxylation sites is 2. The van der Waals surface area contributed by atoms with E-state index >= 15 is 0 Å². The lowest BCUT2D eigenvalue weighted by Gasteiger charge is -2.24. The van der Waals surface area contributed by atoms with Crippen LogP contribution < -0.4 is 11.1 Å². The van der Waals surface area contributed by atoms with E-state index in [4.69, 9.17) is 20.4 Å². The van der Waals surface area contributed by atoms with Crippen molar-refractivity contribution in [3.8, 4) is 0 Å². The molecule has 2 heterocycles. The van der Waals surface area contributed by atoms with E-state index in [1.807, 2.05) is 30.0 Å². The fourth-order valence-corrected chi connectivity index (χ4v) is 5.01. The van der Waals surface area contributed by atoms with E-state index in [9.17, 15) is 0 Å². The molecule has 0 fully saturated rings. The van der Waals surface area contributed by atoms with Gasteiger partial charge in [-0.15, -0.1) is 23.1 Å². The lowest BCUT2D eigenvalue weighted by molar-refractivity contribution is 0.116. The summed E-state index contributed by atoms with van der Waals surface area (Å²) in [5, 5.41) is 5.72. The average Bonchev–Trinajstić information content (AvgIpc) is 3.07. The molecule has 3 N–H and O–H groups in total. The lowest BCUT2D eigenvalue weighted by atomic mass is 10.2. The molecule has 29 heavy (non-hydrogen) atoms. The number of nitrogens with one attached hydrogen (secondary N) is 1. The number of nitrogens with two attached hydrogens (primary N) is 1. The van der Waals surface area contributed by atoms with Crippen LogP contribution in [0.1, 0.15) is 43.8 Å². The summed E-state index contributed by atoms with van der Waals surface area (Å²) in [6, 6.07) is 8.15. The zero-order valence-electron chi connectivity index (χ0n) is 17.6. The molecule has 0 bridgehead atoms. The summed E-state index contributed by atoms with van der Waals surface area (Å²) in [4.78, 5) is 12.3. The van der Waals surface area contributed by atoms with Gasteiger partial charge in [0.1, 0.15) is 10.7 Å². The lowest BCUT2D eigenvalue weighted by Crippen LogP contribution is -2.36. The number of hydrogen-bond donors (Lipinski definition) is 2. The maximum absolute atomic E-state index is 5.96. The van der Waals surface area contributed by atoms with Crippen LogP contribution in [0.25, 0.3) is 0 Å². The standard InChI is InChI=1S/C21H31N5OS2/c1-14(2)20-25-18-19(26(11-10-22)13-28-12-9-15(3)27-4)23-16-7-5-6-8-17(16)24-21(18)29-20/h5-8,14-15,24H,9-13,22H2,1-4H3. The predicted molar refractivity (Wildman–Crippen MR) is 126 cm³/mol. The van der Waals surface area contributed by atoms with Gasteiger partial charge in [-0.05, 0) is 31.2 Å². The van der Waals surface area contributed by atoms with Crippen LogP contribution in [0.3, 0.4) is 0 Å². The highest BCUT2D eigenvalue weighted by Gasteiger charge is 2.26. The number of thioether (sulfide) groups is 1. The van der Waals surface area contributed by atoms with Crippen LogP contribution in [0.15, 0.2) is 29.3 Å². The second-order valence-corrected chi connectivity index (χ2v) is 9.49. The molecular weight excluding hydrogens is 402 g/mol. The van der Waals surface area contributed by atoms with Gasteiger partial charge in [-0.3, -0.25) is 0 Å². The first-order valence-corrected chi connectivity index (χ1v) is 12.0. The molecule has 0 aliphatic carbocycles. The molecule has 1 unspecified atom stereocenters. The summed E-state index contributed by atoms with van der Waals surface area (Å²) >= 11 is 3.59. The number of methoxy groups -OCH3 is 1. The summed E-state index contributed by atoms with van der Waals surface area (Å²) < 4.78 is 5.36. The molecule has 2 aromatic rings. The summed E-state index contributed by atoms with van der Waals surface area (Å²) in [7, 11) is 1.76. The van der Waals surface area contributed by atoms with Crippen molar-refractivity contribution in [3.63, 3.8) is 0 Å². The largest absolute Gasteiger partial charge is 0.382 e. The molecule has 0 saturated heterocycles. The molecule has 8 heteroatoms. The van der Waals surface area contributed by atoms with E-state index in [1.165, 1.54) is 0 Å². The molecule has 0 saturated carbocycles. The second kappa shape index (κ2) is 10.4. The van der Waals surface area contributed by atoms with Crippen molar-refractivity contribution in [2.75, 3.05) is 37.1 Å². The van der Waals surface area contributed by atoms with Crippen molar-refractivity contribution in [2.45, 2.75) is 39.2 Å². The number of nitrogens with zero attached hydrogens (tertiary/aromatic N) is 3. The zero-order chi connectivity index (χ0) is 20.8. The van der Waals surface area contributed by atoms with Gasteiger partial charge in [-0.2, -0.15) is 0 Å². The highest BCUT2D eigenvalue weighted by Crippen LogP contribution is 2.39. The number of fused-ring (bicyclic) bond motifs is 2. The minimum absolute atomic E-state index is 0.274. The molecular formula is C21H31N5OS2. The first-order chi connectivity index (χ1) is 14.0. The van der Waals surface area contributed by atoms with Crippen molar-refractivity contribution in [1.29, 1.82) is 0 Å². The minimum atomic E-state index is 0.274. The van der Waals surface area contributed by atoms with Crippen molar-refractivity contribution in [1.82, 2.24) is 9.88 Å². The SMILES string of the molecule is COC(C)CCSCN(CCN)C1=Nc2ccccc2Nc2sc(C(C)C)nc21. The molecule has 6 nitrogen and oxygen atoms in total. The van der Waals surface area contributed by atoms with Gasteiger partial charge >= 0.3 is 0 Å². The fraction of sp³-hybridized carbons (Fsp3) is 0.524. The first kappa shape index (κ1) is 22.1. The van der Waals surface area contributed by atoms with Crippen LogP contribution in [0.2, 0.25) is 0 Å². The van der Waals surface area contributed by atoms with Gasteiger partial charge in [0.2, 0.25) is 0 Å². The third-order valence-corrected chi connectivity index (χ3v) is 7.03. The molecule has 1 atom stereocenters. The van der Waals surface area contributed by atoms with Gasteiger partial charge in [0.05, 0.1) is 28.4 Å². The highest BCUT2D eigenvalue weighted by molar-refractivity contribution is 7.99. The van der Waals surface area contributed by atoms with Crippen molar-refractivity contribution < 1.29 is 4.74 Å². The van der Waals surface area contributed by atoms with Gasteiger partial charge in [0.25, 0.3) is 0 Å². The van der Waals surface area contributed by atoms with Crippen molar-refractivity contribution in [2.24, 2.45) is 10.7 Å². The van der Waals surface area contributed by atoms with Gasteiger partial charge in [0, 0.05) is 26.1 Å². The van der Waals surface area contributed by atoms with E-state index in [-0.39, 0.29) is 6.10 Å². The number of ether oxygens (including phenoxy) is 1. The Kier molecular flexibility index (Phi) is 7.94. The number of aliphatic imine (C=N–C) groups is 1. The summed E-state index contributed by atoms with van der Waals surface area (Å²) in [6.45, 7) is 7.76. The number of aromatic nitrogens is 1.